The van der Waals surface area contributed by atoms with Crippen LogP contribution >= 0.6 is 0 Å². The molecule has 2 aromatic rings. The highest BCUT2D eigenvalue weighted by molar-refractivity contribution is 5.49. The number of morpholine rings is 1. The van der Waals surface area contributed by atoms with E-state index >= 15 is 0 Å². The van der Waals surface area contributed by atoms with Gasteiger partial charge in [-0.15, -0.1) is 5.10 Å². The number of hydrogen-bond donors (Lipinski definition) is 0. The summed E-state index contributed by atoms with van der Waals surface area (Å²) in [6, 6.07) is 4.42. The molecule has 0 N–H and O–H groups in total. The van der Waals surface area contributed by atoms with E-state index in [1.54, 1.807) is 0 Å². The average Bonchev–Trinajstić information content (AvgIpc) is 3.35. The van der Waals surface area contributed by atoms with Crippen LogP contribution in [0.15, 0.2) is 18.2 Å². The van der Waals surface area contributed by atoms with Crippen LogP contribution in [0.25, 0.3) is 11.5 Å². The highest BCUT2D eigenvalue weighted by Crippen LogP contribution is 2.38. The number of pyridine rings is 1. The summed E-state index contributed by atoms with van der Waals surface area (Å²) in [5.41, 5.74) is -0.770. The van der Waals surface area contributed by atoms with Crippen LogP contribution in [0.4, 0.5) is 13.2 Å². The van der Waals surface area contributed by atoms with Gasteiger partial charge < -0.3 is 4.74 Å². The molecule has 1 aliphatic carbocycles. The fourth-order valence-electron chi connectivity index (χ4n) is 4.29. The van der Waals surface area contributed by atoms with E-state index in [2.05, 4.69) is 20.0 Å². The Bertz CT molecular complexity index is 845. The molecule has 2 aromatic heterocycles. The van der Waals surface area contributed by atoms with E-state index in [4.69, 9.17) is 4.74 Å². The molecule has 0 bridgehead atoms. The third-order valence-corrected chi connectivity index (χ3v) is 5.75. The summed E-state index contributed by atoms with van der Waals surface area (Å²) in [5, 5.41) is 4.53. The van der Waals surface area contributed by atoms with Crippen molar-refractivity contribution >= 4 is 0 Å². The van der Waals surface area contributed by atoms with Gasteiger partial charge in [0.1, 0.15) is 17.2 Å². The van der Waals surface area contributed by atoms with E-state index in [1.807, 2.05) is 18.5 Å². The summed E-state index contributed by atoms with van der Waals surface area (Å²) in [6.45, 7) is 7.47. The topological polar surface area (TPSA) is 56.1 Å². The molecule has 0 amide bonds. The quantitative estimate of drug-likeness (QED) is 0.767. The first-order valence-electron chi connectivity index (χ1n) is 10.2. The Morgan fingerprint density at radius 2 is 1.86 bits per heavy atom. The van der Waals surface area contributed by atoms with Crippen molar-refractivity contribution in [2.75, 3.05) is 26.3 Å². The number of halogens is 3. The molecular formula is C20H26F3N5O. The minimum absolute atomic E-state index is 0.0690. The molecule has 0 radical (unpaired) electrons. The molecule has 0 unspecified atom stereocenters. The molecular weight excluding hydrogens is 383 g/mol. The molecule has 9 heteroatoms. The Hall–Kier alpha value is -2.00. The first-order valence-corrected chi connectivity index (χ1v) is 10.2. The zero-order valence-electron chi connectivity index (χ0n) is 16.7. The van der Waals surface area contributed by atoms with Crippen LogP contribution in [0.3, 0.4) is 0 Å². The van der Waals surface area contributed by atoms with Crippen molar-refractivity contribution in [3.8, 4) is 11.5 Å². The van der Waals surface area contributed by atoms with Crippen LogP contribution in [0.5, 0.6) is 0 Å². The van der Waals surface area contributed by atoms with Gasteiger partial charge in [-0.05, 0) is 45.2 Å². The van der Waals surface area contributed by atoms with E-state index in [0.29, 0.717) is 6.04 Å². The summed E-state index contributed by atoms with van der Waals surface area (Å²) in [6.07, 6.45) is -1.41. The zero-order valence-corrected chi connectivity index (χ0v) is 16.7. The van der Waals surface area contributed by atoms with Crippen molar-refractivity contribution in [3.63, 3.8) is 0 Å². The standard InChI is InChI=1S/C20H26F3N5O/c1-13(2)28-19(14-6-7-15(12-14)27-8-10-29-11-9-27)25-18(26-28)16-4-3-5-17(24-16)20(21,22)23/h3-5,13-15H,6-12H2,1-2H3/t14-,15-/m1/s1. The monoisotopic (exact) mass is 409 g/mol. The van der Waals surface area contributed by atoms with Crippen LogP contribution in [-0.4, -0.2) is 57.0 Å². The maximum atomic E-state index is 13.0. The van der Waals surface area contributed by atoms with E-state index < -0.39 is 11.9 Å². The highest BCUT2D eigenvalue weighted by atomic mass is 19.4. The number of alkyl halides is 3. The highest BCUT2D eigenvalue weighted by Gasteiger charge is 2.35. The van der Waals surface area contributed by atoms with Gasteiger partial charge in [-0.1, -0.05) is 6.07 Å². The minimum Gasteiger partial charge on any atom is -0.379 e. The lowest BCUT2D eigenvalue weighted by Crippen LogP contribution is -2.42. The Morgan fingerprint density at radius 3 is 2.55 bits per heavy atom. The van der Waals surface area contributed by atoms with Gasteiger partial charge in [-0.3, -0.25) is 4.90 Å². The predicted molar refractivity (Wildman–Crippen MR) is 101 cm³/mol. The summed E-state index contributed by atoms with van der Waals surface area (Å²) < 4.78 is 46.4. The first kappa shape index (κ1) is 20.3. The Balaban J connectivity index is 1.59. The van der Waals surface area contributed by atoms with Gasteiger partial charge in [0.25, 0.3) is 0 Å². The largest absolute Gasteiger partial charge is 0.433 e. The Morgan fingerprint density at radius 1 is 1.10 bits per heavy atom. The fourth-order valence-corrected chi connectivity index (χ4v) is 4.29. The maximum absolute atomic E-state index is 13.0. The normalized spacial score (nSPS) is 23.8. The molecule has 29 heavy (non-hydrogen) atoms. The molecule has 3 heterocycles. The second-order valence-electron chi connectivity index (χ2n) is 8.05. The van der Waals surface area contributed by atoms with E-state index in [-0.39, 0.29) is 23.5 Å². The number of aromatic nitrogens is 4. The van der Waals surface area contributed by atoms with Crippen molar-refractivity contribution in [2.24, 2.45) is 0 Å². The third-order valence-electron chi connectivity index (χ3n) is 5.75. The van der Waals surface area contributed by atoms with Gasteiger partial charge in [0.15, 0.2) is 5.82 Å². The molecule has 2 fully saturated rings. The molecule has 6 nitrogen and oxygen atoms in total. The molecule has 1 saturated heterocycles. The molecule has 2 aliphatic rings. The molecule has 4 rings (SSSR count). The summed E-state index contributed by atoms with van der Waals surface area (Å²) in [7, 11) is 0. The first-order chi connectivity index (χ1) is 13.8. The van der Waals surface area contributed by atoms with Gasteiger partial charge in [0.05, 0.1) is 13.2 Å². The number of rotatable bonds is 4. The van der Waals surface area contributed by atoms with E-state index in [0.717, 1.165) is 57.5 Å². The molecule has 0 aromatic carbocycles. The number of nitrogens with zero attached hydrogens (tertiary/aromatic N) is 5. The van der Waals surface area contributed by atoms with Crippen LogP contribution in [-0.2, 0) is 10.9 Å². The zero-order chi connectivity index (χ0) is 20.6. The summed E-state index contributed by atoms with van der Waals surface area (Å²) in [4.78, 5) is 10.9. The maximum Gasteiger partial charge on any atom is 0.433 e. The third kappa shape index (κ3) is 4.30. The second-order valence-corrected chi connectivity index (χ2v) is 8.05. The molecule has 1 aliphatic heterocycles. The fraction of sp³-hybridized carbons (Fsp3) is 0.650. The van der Waals surface area contributed by atoms with Crippen LogP contribution in [0.2, 0.25) is 0 Å². The van der Waals surface area contributed by atoms with Crippen molar-refractivity contribution < 1.29 is 17.9 Å². The lowest BCUT2D eigenvalue weighted by molar-refractivity contribution is -0.141. The molecule has 0 spiro atoms. The SMILES string of the molecule is CC(C)n1nc(-c2cccc(C(F)(F)F)n2)nc1[C@@H]1CC[C@@H](N2CCOCC2)C1. The average molecular weight is 409 g/mol. The van der Waals surface area contributed by atoms with E-state index in [9.17, 15) is 13.2 Å². The molecule has 158 valence electrons. The van der Waals surface area contributed by atoms with E-state index in [1.165, 1.54) is 12.1 Å². The van der Waals surface area contributed by atoms with Crippen molar-refractivity contribution in [1.82, 2.24) is 24.6 Å². The molecule has 1 saturated carbocycles. The number of hydrogen-bond acceptors (Lipinski definition) is 5. The van der Waals surface area contributed by atoms with Gasteiger partial charge in [-0.25, -0.2) is 14.6 Å². The van der Waals surface area contributed by atoms with Crippen LogP contribution in [0, 0.1) is 0 Å². The van der Waals surface area contributed by atoms with Crippen molar-refractivity contribution in [1.29, 1.82) is 0 Å². The second kappa shape index (κ2) is 8.02. The van der Waals surface area contributed by atoms with Crippen molar-refractivity contribution in [3.05, 3.63) is 29.7 Å². The lowest BCUT2D eigenvalue weighted by Gasteiger charge is -2.32. The number of ether oxygens (including phenoxy) is 1. The van der Waals surface area contributed by atoms with Crippen LogP contribution in [0.1, 0.15) is 56.6 Å². The Labute approximate surface area is 168 Å². The summed E-state index contributed by atoms with van der Waals surface area (Å²) in [5.74, 6) is 1.36. The van der Waals surface area contributed by atoms with Gasteiger partial charge in [0.2, 0.25) is 0 Å². The molecule has 2 atom stereocenters. The summed E-state index contributed by atoms with van der Waals surface area (Å²) >= 11 is 0. The van der Waals surface area contributed by atoms with Crippen molar-refractivity contribution in [2.45, 2.75) is 57.3 Å². The smallest absolute Gasteiger partial charge is 0.379 e. The van der Waals surface area contributed by atoms with Gasteiger partial charge in [-0.2, -0.15) is 13.2 Å². The Kier molecular flexibility index (Phi) is 5.61. The van der Waals surface area contributed by atoms with Crippen LogP contribution < -0.4 is 0 Å². The van der Waals surface area contributed by atoms with Gasteiger partial charge in [0, 0.05) is 31.1 Å². The van der Waals surface area contributed by atoms with Gasteiger partial charge >= 0.3 is 6.18 Å². The predicted octanol–water partition coefficient (Wildman–Crippen LogP) is 3.91. The minimum atomic E-state index is -4.49. The lowest BCUT2D eigenvalue weighted by atomic mass is 10.1.